The molecule has 14 rings (SSSR count). The van der Waals surface area contributed by atoms with E-state index in [9.17, 15) is 0 Å². The van der Waals surface area contributed by atoms with E-state index >= 15 is 0 Å². The van der Waals surface area contributed by atoms with Crippen molar-refractivity contribution in [1.82, 2.24) is 0 Å². The predicted molar refractivity (Wildman–Crippen MR) is 291 cm³/mol. The molecule has 0 saturated heterocycles. The van der Waals surface area contributed by atoms with E-state index in [4.69, 9.17) is 0 Å². The normalized spacial score (nSPS) is 14.1. The van der Waals surface area contributed by atoms with Crippen LogP contribution in [0.2, 0.25) is 0 Å². The van der Waals surface area contributed by atoms with Crippen molar-refractivity contribution in [3.63, 3.8) is 0 Å². The fraction of sp³-hybridized carbons (Fsp3) is 0.0882. The largest absolute Gasteiger partial charge is 0.0619 e. The molecule has 0 saturated carbocycles. The summed E-state index contributed by atoms with van der Waals surface area (Å²) >= 11 is 0. The highest BCUT2D eigenvalue weighted by atomic mass is 14.4. The summed E-state index contributed by atoms with van der Waals surface area (Å²) in [5.41, 5.74) is 20.9. The minimum Gasteiger partial charge on any atom is -0.0619 e. The SMILES string of the molecule is CC1(C)c2ccccc2-c2ccc(-c3ccc(-c4ccc5c6ccc(-c7ccc(-c8ccc9c(c8)C(C)(C)c8ccccc8-9)cc7)cc6c6c7ccccc7c7ccccc7c6c5c4)cc3)cc21. The highest BCUT2D eigenvalue weighted by Crippen LogP contribution is 2.52. The molecule has 2 aliphatic carbocycles. The first kappa shape index (κ1) is 39.1. The van der Waals surface area contributed by atoms with Gasteiger partial charge in [0.05, 0.1) is 0 Å². The monoisotopic (exact) mass is 864 g/mol. The molecule has 68 heavy (non-hydrogen) atoms. The van der Waals surface area contributed by atoms with Gasteiger partial charge in [-0.05, 0) is 167 Å². The molecule has 0 spiro atoms. The Hall–Kier alpha value is -8.06. The van der Waals surface area contributed by atoms with E-state index in [-0.39, 0.29) is 10.8 Å². The van der Waals surface area contributed by atoms with Gasteiger partial charge in [0.2, 0.25) is 0 Å². The van der Waals surface area contributed by atoms with Gasteiger partial charge in [-0.3, -0.25) is 0 Å². The highest BCUT2D eigenvalue weighted by molar-refractivity contribution is 6.39. The van der Waals surface area contributed by atoms with Crippen molar-refractivity contribution in [3.8, 4) is 66.8 Å². The molecule has 0 aromatic heterocycles. The molecule has 0 heterocycles. The van der Waals surface area contributed by atoms with Gasteiger partial charge in [0.1, 0.15) is 0 Å². The number of hydrogen-bond donors (Lipinski definition) is 0. The van der Waals surface area contributed by atoms with E-state index in [1.54, 1.807) is 0 Å². The van der Waals surface area contributed by atoms with Crippen LogP contribution in [0.25, 0.3) is 121 Å². The molecule has 0 N–H and O–H groups in total. The molecule has 0 radical (unpaired) electrons. The molecule has 2 aliphatic rings. The van der Waals surface area contributed by atoms with Crippen molar-refractivity contribution < 1.29 is 0 Å². The fourth-order valence-electron chi connectivity index (χ4n) is 12.5. The topological polar surface area (TPSA) is 0 Å². The van der Waals surface area contributed by atoms with E-state index in [1.165, 1.54) is 143 Å². The van der Waals surface area contributed by atoms with E-state index in [2.05, 4.69) is 246 Å². The Morgan fingerprint density at radius 2 is 0.485 bits per heavy atom. The van der Waals surface area contributed by atoms with E-state index in [0.717, 1.165) is 0 Å². The molecule has 0 nitrogen and oxygen atoms in total. The number of rotatable bonds is 4. The van der Waals surface area contributed by atoms with Gasteiger partial charge in [0, 0.05) is 10.8 Å². The maximum Gasteiger partial charge on any atom is 0.0159 e. The van der Waals surface area contributed by atoms with Crippen LogP contribution in [0, 0.1) is 0 Å². The van der Waals surface area contributed by atoms with Crippen LogP contribution in [0.1, 0.15) is 49.9 Å². The molecular weight excluding hydrogens is 817 g/mol. The van der Waals surface area contributed by atoms with Crippen molar-refractivity contribution in [1.29, 1.82) is 0 Å². The summed E-state index contributed by atoms with van der Waals surface area (Å²) in [6, 6.07) is 82.6. The van der Waals surface area contributed by atoms with Crippen LogP contribution in [0.5, 0.6) is 0 Å². The van der Waals surface area contributed by atoms with Gasteiger partial charge in [0.15, 0.2) is 0 Å². The Labute approximate surface area is 397 Å². The molecule has 0 unspecified atom stereocenters. The van der Waals surface area contributed by atoms with Crippen molar-refractivity contribution in [2.75, 3.05) is 0 Å². The zero-order valence-corrected chi connectivity index (χ0v) is 38.8. The van der Waals surface area contributed by atoms with Crippen molar-refractivity contribution >= 4 is 53.9 Å². The quantitative estimate of drug-likeness (QED) is 0.155. The van der Waals surface area contributed by atoms with Crippen LogP contribution >= 0.6 is 0 Å². The van der Waals surface area contributed by atoms with Crippen LogP contribution in [-0.4, -0.2) is 0 Å². The van der Waals surface area contributed by atoms with E-state index in [0.29, 0.717) is 0 Å². The first-order valence-corrected chi connectivity index (χ1v) is 24.2. The van der Waals surface area contributed by atoms with Gasteiger partial charge in [0.25, 0.3) is 0 Å². The Morgan fingerprint density at radius 3 is 0.882 bits per heavy atom. The third-order valence-electron chi connectivity index (χ3n) is 16.1. The van der Waals surface area contributed by atoms with Gasteiger partial charge < -0.3 is 0 Å². The van der Waals surface area contributed by atoms with Gasteiger partial charge >= 0.3 is 0 Å². The molecule has 320 valence electrons. The zero-order chi connectivity index (χ0) is 45.5. The molecule has 12 aromatic carbocycles. The second-order valence-corrected chi connectivity index (χ2v) is 20.4. The predicted octanol–water partition coefficient (Wildman–Crippen LogP) is 18.7. The Kier molecular flexibility index (Phi) is 8.19. The number of benzene rings is 12. The minimum atomic E-state index is -0.0295. The van der Waals surface area contributed by atoms with E-state index in [1.807, 2.05) is 0 Å². The Balaban J connectivity index is 0.884. The number of fused-ring (bicyclic) bond motifs is 17. The van der Waals surface area contributed by atoms with Gasteiger partial charge in [-0.1, -0.05) is 222 Å². The molecule has 0 aliphatic heterocycles. The lowest BCUT2D eigenvalue weighted by Crippen LogP contribution is -2.14. The maximum absolute atomic E-state index is 2.45. The van der Waals surface area contributed by atoms with Crippen LogP contribution in [-0.2, 0) is 10.8 Å². The molecule has 0 heteroatoms. The number of hydrogen-bond acceptors (Lipinski definition) is 0. The average molecular weight is 865 g/mol. The molecule has 0 atom stereocenters. The van der Waals surface area contributed by atoms with Crippen LogP contribution < -0.4 is 0 Å². The van der Waals surface area contributed by atoms with Gasteiger partial charge in [-0.15, -0.1) is 0 Å². The summed E-state index contributed by atoms with van der Waals surface area (Å²) in [5.74, 6) is 0. The lowest BCUT2D eigenvalue weighted by Gasteiger charge is -2.22. The van der Waals surface area contributed by atoms with Gasteiger partial charge in [-0.25, -0.2) is 0 Å². The van der Waals surface area contributed by atoms with E-state index < -0.39 is 0 Å². The second-order valence-electron chi connectivity index (χ2n) is 20.4. The van der Waals surface area contributed by atoms with Crippen LogP contribution in [0.15, 0.2) is 218 Å². The average Bonchev–Trinajstić information content (AvgIpc) is 3.77. The van der Waals surface area contributed by atoms with Crippen LogP contribution in [0.3, 0.4) is 0 Å². The summed E-state index contributed by atoms with van der Waals surface area (Å²) in [6.07, 6.45) is 0. The fourth-order valence-corrected chi connectivity index (χ4v) is 12.5. The highest BCUT2D eigenvalue weighted by Gasteiger charge is 2.36. The maximum atomic E-state index is 2.45. The first-order chi connectivity index (χ1) is 33.2. The third kappa shape index (κ3) is 5.55. The summed E-state index contributed by atoms with van der Waals surface area (Å²) in [4.78, 5) is 0. The molecule has 0 bridgehead atoms. The summed E-state index contributed by atoms with van der Waals surface area (Å²) in [6.45, 7) is 9.43. The minimum absolute atomic E-state index is 0.0295. The molecule has 12 aromatic rings. The third-order valence-corrected chi connectivity index (χ3v) is 16.1. The van der Waals surface area contributed by atoms with Crippen molar-refractivity contribution in [2.24, 2.45) is 0 Å². The van der Waals surface area contributed by atoms with Gasteiger partial charge in [-0.2, -0.15) is 0 Å². The second kappa shape index (κ2) is 14.2. The summed E-state index contributed by atoms with van der Waals surface area (Å²) in [7, 11) is 0. The summed E-state index contributed by atoms with van der Waals surface area (Å²) in [5, 5.41) is 12.9. The zero-order valence-electron chi connectivity index (χ0n) is 38.8. The van der Waals surface area contributed by atoms with Crippen LogP contribution in [0.4, 0.5) is 0 Å². The van der Waals surface area contributed by atoms with Crippen molar-refractivity contribution in [3.05, 3.63) is 241 Å². The lowest BCUT2D eigenvalue weighted by molar-refractivity contribution is 0.660. The molecule has 0 amide bonds. The Bertz CT molecular complexity index is 3830. The lowest BCUT2D eigenvalue weighted by atomic mass is 9.81. The standard InChI is InChI=1S/C68H48/c1-67(2)61-19-11-9-15-53(61)55-35-31-47(39-63(55)67)43-25-21-41(22-26-43)45-29-33-51-52-34-30-46(38-60(52)66-58-18-8-6-14-50(58)49-13-5-7-17-57(49)65(66)59(51)37-45)42-23-27-44(28-24-42)48-32-36-56-54-16-10-12-20-62(54)68(3,4)64(56)40-48/h5-40H,1-4H3. The smallest absolute Gasteiger partial charge is 0.0159 e. The van der Waals surface area contributed by atoms with Crippen molar-refractivity contribution in [2.45, 2.75) is 38.5 Å². The molecular formula is C68H48. The summed E-state index contributed by atoms with van der Waals surface area (Å²) < 4.78 is 0. The molecule has 0 fully saturated rings. The first-order valence-electron chi connectivity index (χ1n) is 24.2. The Morgan fingerprint density at radius 1 is 0.206 bits per heavy atom.